The van der Waals surface area contributed by atoms with Crippen LogP contribution in [0, 0.1) is 12.8 Å². The molecule has 0 spiro atoms. The van der Waals surface area contributed by atoms with Crippen molar-refractivity contribution in [3.8, 4) is 17.3 Å². The summed E-state index contributed by atoms with van der Waals surface area (Å²) < 4.78 is 11.2. The number of para-hydroxylation sites is 3. The lowest BCUT2D eigenvalue weighted by atomic mass is 9.72. The zero-order valence-corrected chi connectivity index (χ0v) is 20.9. The Balaban J connectivity index is 1.54. The molecule has 0 amide bonds. The highest BCUT2D eigenvalue weighted by molar-refractivity contribution is 7.99. The van der Waals surface area contributed by atoms with Gasteiger partial charge in [-0.05, 0) is 51.1 Å². The smallest absolute Gasteiger partial charge is 0.221 e. The number of ether oxygens (including phenoxy) is 1. The van der Waals surface area contributed by atoms with E-state index in [-0.39, 0.29) is 11.5 Å². The van der Waals surface area contributed by atoms with Crippen molar-refractivity contribution < 1.29 is 4.74 Å². The fourth-order valence-electron chi connectivity index (χ4n) is 5.97. The monoisotopic (exact) mass is 477 g/mol. The van der Waals surface area contributed by atoms with E-state index in [1.165, 1.54) is 32.7 Å². The van der Waals surface area contributed by atoms with E-state index < -0.39 is 0 Å². The summed E-state index contributed by atoms with van der Waals surface area (Å²) in [7, 11) is 0. The van der Waals surface area contributed by atoms with Crippen molar-refractivity contribution in [3.63, 3.8) is 0 Å². The molecule has 0 saturated heterocycles. The maximum atomic E-state index is 6.79. The second-order valence-corrected chi connectivity index (χ2v) is 11.1. The van der Waals surface area contributed by atoms with Gasteiger partial charge in [-0.15, -0.1) is 11.8 Å². The minimum absolute atomic E-state index is 0.220. The Morgan fingerprint density at radius 1 is 0.857 bits per heavy atom. The number of benzene rings is 3. The molecule has 2 atom stereocenters. The summed E-state index contributed by atoms with van der Waals surface area (Å²) in [5, 5.41) is 7.68. The molecule has 0 aliphatic carbocycles. The van der Waals surface area contributed by atoms with E-state index in [0.29, 0.717) is 5.92 Å². The van der Waals surface area contributed by atoms with Crippen LogP contribution in [0.5, 0.6) is 5.88 Å². The third kappa shape index (κ3) is 2.97. The number of hydrogen-bond acceptors (Lipinski definition) is 3. The Hall–Kier alpha value is -3.44. The Bertz CT molecular complexity index is 1570. The minimum atomic E-state index is -0.322. The summed E-state index contributed by atoms with van der Waals surface area (Å²) >= 11 is 1.96. The molecule has 2 aliphatic heterocycles. The predicted molar refractivity (Wildman–Crippen MR) is 142 cm³/mol. The zero-order valence-electron chi connectivity index (χ0n) is 20.1. The van der Waals surface area contributed by atoms with E-state index in [2.05, 4.69) is 104 Å². The van der Waals surface area contributed by atoms with E-state index in [0.717, 1.165) is 23.0 Å². The molecule has 2 aromatic heterocycles. The van der Waals surface area contributed by atoms with Crippen LogP contribution in [0.2, 0.25) is 0 Å². The minimum Gasteiger partial charge on any atom is -0.471 e. The Labute approximate surface area is 209 Å². The van der Waals surface area contributed by atoms with Gasteiger partial charge in [-0.25, -0.2) is 4.68 Å². The number of aryl methyl sites for hydroxylation is 1. The molecule has 5 aromatic rings. The van der Waals surface area contributed by atoms with Gasteiger partial charge in [0.05, 0.1) is 21.9 Å². The first-order valence-corrected chi connectivity index (χ1v) is 13.2. The molecular formula is C30H27N3OS. The maximum absolute atomic E-state index is 6.79. The molecule has 2 aliphatic rings. The Morgan fingerprint density at radius 3 is 2.26 bits per heavy atom. The van der Waals surface area contributed by atoms with Crippen LogP contribution in [0.1, 0.15) is 36.6 Å². The maximum Gasteiger partial charge on any atom is 0.221 e. The Morgan fingerprint density at radius 2 is 1.51 bits per heavy atom. The first kappa shape index (κ1) is 20.9. The number of aromatic nitrogens is 3. The van der Waals surface area contributed by atoms with Gasteiger partial charge in [0.15, 0.2) is 0 Å². The van der Waals surface area contributed by atoms with Gasteiger partial charge < -0.3 is 9.30 Å². The molecule has 4 heterocycles. The first-order valence-electron chi connectivity index (χ1n) is 12.2. The van der Waals surface area contributed by atoms with E-state index in [1.807, 2.05) is 22.5 Å². The van der Waals surface area contributed by atoms with Crippen LogP contribution in [0.25, 0.3) is 22.3 Å². The topological polar surface area (TPSA) is 32.0 Å². The van der Waals surface area contributed by atoms with Gasteiger partial charge in [-0.3, -0.25) is 0 Å². The molecule has 0 radical (unpaired) electrons. The molecule has 0 N–H and O–H groups in total. The number of rotatable bonds is 2. The van der Waals surface area contributed by atoms with Gasteiger partial charge >= 0.3 is 0 Å². The SMILES string of the molecule is Cc1nn(-c2ccccc2)c2c1[C@H]1c3c(n(-c4ccccc4)c4ccccc34)SC[C@H]1C(C)(C)O2. The molecule has 0 saturated carbocycles. The molecule has 35 heavy (non-hydrogen) atoms. The van der Waals surface area contributed by atoms with E-state index >= 15 is 0 Å². The quantitative estimate of drug-likeness (QED) is 0.271. The van der Waals surface area contributed by atoms with Crippen molar-refractivity contribution in [1.82, 2.24) is 14.3 Å². The fourth-order valence-corrected chi connectivity index (χ4v) is 7.63. The number of thioether (sulfide) groups is 1. The molecular weight excluding hydrogens is 450 g/mol. The van der Waals surface area contributed by atoms with E-state index in [1.54, 1.807) is 0 Å². The van der Waals surface area contributed by atoms with Gasteiger partial charge in [0, 0.05) is 39.8 Å². The van der Waals surface area contributed by atoms with Crippen LogP contribution < -0.4 is 4.74 Å². The highest BCUT2D eigenvalue weighted by atomic mass is 32.2. The second kappa shape index (κ2) is 7.53. The Kier molecular flexibility index (Phi) is 4.49. The molecule has 0 fully saturated rings. The van der Waals surface area contributed by atoms with Gasteiger partial charge in [0.1, 0.15) is 5.60 Å². The molecule has 7 rings (SSSR count). The lowest BCUT2D eigenvalue weighted by molar-refractivity contribution is 0.0201. The van der Waals surface area contributed by atoms with Crippen LogP contribution in [0.3, 0.4) is 0 Å². The molecule has 0 bridgehead atoms. The highest BCUT2D eigenvalue weighted by Gasteiger charge is 2.51. The average molecular weight is 478 g/mol. The molecule has 174 valence electrons. The van der Waals surface area contributed by atoms with Crippen LogP contribution in [0.15, 0.2) is 90.0 Å². The standard InChI is InChI=1S/C30H27N3OS/c1-19-25-27-23(30(2,3)34-28(25)33(31-19)21-14-8-5-9-15-21)18-35-29-26(27)22-16-10-11-17-24(22)32(29)20-12-6-4-7-13-20/h4-17,23,27H,18H2,1-3H3/t23-,27+/m1/s1. The number of nitrogens with zero attached hydrogens (tertiary/aromatic N) is 3. The van der Waals surface area contributed by atoms with Crippen molar-refractivity contribution in [2.24, 2.45) is 5.92 Å². The van der Waals surface area contributed by atoms with Crippen molar-refractivity contribution in [1.29, 1.82) is 0 Å². The van der Waals surface area contributed by atoms with Crippen LogP contribution in [-0.4, -0.2) is 25.7 Å². The predicted octanol–water partition coefficient (Wildman–Crippen LogP) is 7.15. The van der Waals surface area contributed by atoms with Crippen molar-refractivity contribution in [3.05, 3.63) is 102 Å². The first-order chi connectivity index (χ1) is 17.0. The van der Waals surface area contributed by atoms with Gasteiger partial charge in [0.2, 0.25) is 5.88 Å². The van der Waals surface area contributed by atoms with E-state index in [4.69, 9.17) is 9.84 Å². The summed E-state index contributed by atoms with van der Waals surface area (Å²) in [6.07, 6.45) is 0. The highest BCUT2D eigenvalue weighted by Crippen LogP contribution is 2.58. The van der Waals surface area contributed by atoms with Gasteiger partial charge in [-0.1, -0.05) is 54.6 Å². The van der Waals surface area contributed by atoms with Gasteiger partial charge in [0.25, 0.3) is 0 Å². The third-order valence-electron chi connectivity index (χ3n) is 7.62. The normalized spacial score (nSPS) is 20.1. The van der Waals surface area contributed by atoms with Gasteiger partial charge in [-0.2, -0.15) is 5.10 Å². The van der Waals surface area contributed by atoms with Crippen molar-refractivity contribution in [2.75, 3.05) is 5.75 Å². The van der Waals surface area contributed by atoms with Crippen LogP contribution in [-0.2, 0) is 0 Å². The molecule has 4 nitrogen and oxygen atoms in total. The third-order valence-corrected chi connectivity index (χ3v) is 8.82. The number of fused-ring (bicyclic) bond motifs is 7. The zero-order chi connectivity index (χ0) is 23.7. The van der Waals surface area contributed by atoms with Crippen molar-refractivity contribution >= 4 is 22.7 Å². The largest absolute Gasteiger partial charge is 0.471 e. The average Bonchev–Trinajstić information content (AvgIpc) is 3.39. The summed E-state index contributed by atoms with van der Waals surface area (Å²) in [5.41, 5.74) is 6.87. The lowest BCUT2D eigenvalue weighted by Gasteiger charge is -2.46. The summed E-state index contributed by atoms with van der Waals surface area (Å²) in [6, 6.07) is 29.9. The van der Waals surface area contributed by atoms with Crippen LogP contribution >= 0.6 is 11.8 Å². The summed E-state index contributed by atoms with van der Waals surface area (Å²) in [4.78, 5) is 0. The van der Waals surface area contributed by atoms with Crippen molar-refractivity contribution in [2.45, 2.75) is 37.3 Å². The number of hydrogen-bond donors (Lipinski definition) is 0. The fraction of sp³-hybridized carbons (Fsp3) is 0.233. The molecule has 0 unspecified atom stereocenters. The summed E-state index contributed by atoms with van der Waals surface area (Å²) in [6.45, 7) is 6.62. The molecule has 5 heteroatoms. The van der Waals surface area contributed by atoms with E-state index in [9.17, 15) is 0 Å². The van der Waals surface area contributed by atoms with Crippen LogP contribution in [0.4, 0.5) is 0 Å². The summed E-state index contributed by atoms with van der Waals surface area (Å²) in [5.74, 6) is 2.45. The molecule has 3 aromatic carbocycles. The second-order valence-electron chi connectivity index (χ2n) is 10.1. The lowest BCUT2D eigenvalue weighted by Crippen LogP contribution is -2.47.